The van der Waals surface area contributed by atoms with Crippen LogP contribution in [-0.2, 0) is 6.54 Å². The number of para-hydroxylation sites is 2. The molecule has 0 spiro atoms. The SMILES string of the molecule is Cc1ccc(O[C@@H]2C[C@@H]3CN(CCn4c(=O)oc5ccccc54)C[C@@H]3C[C@H]2O)c(C)n1. The third-order valence-corrected chi connectivity index (χ3v) is 6.83. The van der Waals surface area contributed by atoms with Crippen molar-refractivity contribution in [1.29, 1.82) is 0 Å². The first-order valence-electron chi connectivity index (χ1n) is 11.1. The van der Waals surface area contributed by atoms with Gasteiger partial charge in [-0.1, -0.05) is 12.1 Å². The van der Waals surface area contributed by atoms with Crippen LogP contribution in [0.4, 0.5) is 0 Å². The largest absolute Gasteiger partial charge is 0.486 e. The number of nitrogens with zero attached hydrogens (tertiary/aromatic N) is 3. The van der Waals surface area contributed by atoms with E-state index in [-0.39, 0.29) is 11.9 Å². The minimum absolute atomic E-state index is 0.204. The van der Waals surface area contributed by atoms with E-state index in [1.165, 1.54) is 0 Å². The Morgan fingerprint density at radius 3 is 2.68 bits per heavy atom. The number of rotatable bonds is 5. The van der Waals surface area contributed by atoms with Gasteiger partial charge in [0.25, 0.3) is 0 Å². The molecule has 164 valence electrons. The number of fused-ring (bicyclic) bond motifs is 2. The van der Waals surface area contributed by atoms with Crippen molar-refractivity contribution < 1.29 is 14.3 Å². The molecule has 4 atom stereocenters. The molecule has 0 unspecified atom stereocenters. The number of aliphatic hydroxyl groups excluding tert-OH is 1. The van der Waals surface area contributed by atoms with Crippen LogP contribution < -0.4 is 10.5 Å². The summed E-state index contributed by atoms with van der Waals surface area (Å²) in [4.78, 5) is 19.1. The van der Waals surface area contributed by atoms with Gasteiger partial charge in [0.2, 0.25) is 0 Å². The van der Waals surface area contributed by atoms with Gasteiger partial charge in [-0.15, -0.1) is 0 Å². The Kier molecular flexibility index (Phi) is 5.32. The number of aryl methyl sites for hydroxylation is 2. The molecular formula is C24H29N3O4. The number of ether oxygens (including phenoxy) is 1. The highest BCUT2D eigenvalue weighted by Crippen LogP contribution is 2.38. The third kappa shape index (κ3) is 4.00. The van der Waals surface area contributed by atoms with Gasteiger partial charge in [0.1, 0.15) is 11.9 Å². The highest BCUT2D eigenvalue weighted by atomic mass is 16.5. The molecule has 1 aliphatic carbocycles. The zero-order valence-electron chi connectivity index (χ0n) is 18.0. The quantitative estimate of drug-likeness (QED) is 0.680. The minimum Gasteiger partial charge on any atom is -0.486 e. The summed E-state index contributed by atoms with van der Waals surface area (Å²) in [6.07, 6.45) is 0.912. The lowest BCUT2D eigenvalue weighted by Crippen LogP contribution is -2.42. The van der Waals surface area contributed by atoms with E-state index in [9.17, 15) is 9.90 Å². The molecule has 1 N–H and O–H groups in total. The fraction of sp³-hybridized carbons (Fsp3) is 0.500. The molecule has 7 nitrogen and oxygen atoms in total. The number of benzene rings is 1. The highest BCUT2D eigenvalue weighted by molar-refractivity contribution is 5.72. The number of hydrogen-bond donors (Lipinski definition) is 1. The van der Waals surface area contributed by atoms with Gasteiger partial charge in [-0.2, -0.15) is 0 Å². The summed E-state index contributed by atoms with van der Waals surface area (Å²) in [5.41, 5.74) is 3.30. The molecule has 3 heterocycles. The first-order chi connectivity index (χ1) is 15.0. The Bertz CT molecular complexity index is 1140. The summed E-state index contributed by atoms with van der Waals surface area (Å²) >= 11 is 0. The minimum atomic E-state index is -0.470. The van der Waals surface area contributed by atoms with E-state index in [0.29, 0.717) is 24.0 Å². The van der Waals surface area contributed by atoms with Gasteiger partial charge in [-0.05, 0) is 62.8 Å². The summed E-state index contributed by atoms with van der Waals surface area (Å²) in [5.74, 6) is 1.41. The molecule has 2 fully saturated rings. The third-order valence-electron chi connectivity index (χ3n) is 6.83. The lowest BCUT2D eigenvalue weighted by atomic mass is 9.78. The van der Waals surface area contributed by atoms with Crippen molar-refractivity contribution in [3.63, 3.8) is 0 Å². The van der Waals surface area contributed by atoms with Gasteiger partial charge in [0.15, 0.2) is 5.58 Å². The van der Waals surface area contributed by atoms with E-state index >= 15 is 0 Å². The van der Waals surface area contributed by atoms with Gasteiger partial charge in [0, 0.05) is 31.9 Å². The molecule has 1 saturated heterocycles. The molecule has 2 aromatic heterocycles. The zero-order chi connectivity index (χ0) is 21.5. The fourth-order valence-electron chi connectivity index (χ4n) is 5.23. The maximum atomic E-state index is 12.2. The molecule has 0 radical (unpaired) electrons. The molecule has 1 aliphatic heterocycles. The second kappa shape index (κ2) is 8.13. The average Bonchev–Trinajstić information content (AvgIpc) is 3.27. The number of likely N-dealkylation sites (tertiary alicyclic amines) is 1. The van der Waals surface area contributed by atoms with Crippen LogP contribution in [0.1, 0.15) is 24.2 Å². The van der Waals surface area contributed by atoms with Crippen LogP contribution in [0.15, 0.2) is 45.6 Å². The Hall–Kier alpha value is -2.64. The molecule has 3 aromatic rings. The van der Waals surface area contributed by atoms with E-state index in [1.807, 2.05) is 50.2 Å². The lowest BCUT2D eigenvalue weighted by molar-refractivity contribution is -0.0236. The van der Waals surface area contributed by atoms with Crippen LogP contribution in [0.3, 0.4) is 0 Å². The fourth-order valence-corrected chi connectivity index (χ4v) is 5.23. The van der Waals surface area contributed by atoms with Crippen molar-refractivity contribution in [2.75, 3.05) is 19.6 Å². The second-order valence-corrected chi connectivity index (χ2v) is 9.00. The summed E-state index contributed by atoms with van der Waals surface area (Å²) in [6.45, 7) is 7.21. The van der Waals surface area contributed by atoms with E-state index in [2.05, 4.69) is 9.88 Å². The summed E-state index contributed by atoms with van der Waals surface area (Å²) in [5, 5.41) is 10.7. The average molecular weight is 424 g/mol. The van der Waals surface area contributed by atoms with Crippen molar-refractivity contribution in [2.24, 2.45) is 11.8 Å². The van der Waals surface area contributed by atoms with E-state index in [4.69, 9.17) is 9.15 Å². The standard InChI is InChI=1S/C24H29N3O4/c1-15-7-8-21(16(2)25-15)30-23-12-18-14-26(13-17(18)11-20(23)28)9-10-27-19-5-3-4-6-22(19)31-24(27)29/h3-8,17-18,20,23,28H,9-14H2,1-2H3/t17-,18+,20+,23+/m0/s1. The van der Waals surface area contributed by atoms with E-state index in [0.717, 1.165) is 55.1 Å². The lowest BCUT2D eigenvalue weighted by Gasteiger charge is -2.35. The number of aliphatic hydroxyl groups is 1. The first kappa shape index (κ1) is 20.3. The number of aromatic nitrogens is 2. The maximum absolute atomic E-state index is 12.2. The number of oxazole rings is 1. The highest BCUT2D eigenvalue weighted by Gasteiger charge is 2.42. The monoisotopic (exact) mass is 423 g/mol. The zero-order valence-corrected chi connectivity index (χ0v) is 18.0. The Morgan fingerprint density at radius 1 is 1.10 bits per heavy atom. The van der Waals surface area contributed by atoms with Gasteiger partial charge < -0.3 is 19.2 Å². The van der Waals surface area contributed by atoms with Crippen LogP contribution in [0.5, 0.6) is 5.75 Å². The van der Waals surface area contributed by atoms with Crippen LogP contribution in [0.2, 0.25) is 0 Å². The van der Waals surface area contributed by atoms with Crippen LogP contribution in [-0.4, -0.2) is 51.4 Å². The molecular weight excluding hydrogens is 394 g/mol. The summed E-state index contributed by atoms with van der Waals surface area (Å²) in [7, 11) is 0. The molecule has 0 amide bonds. The van der Waals surface area contributed by atoms with Crippen molar-refractivity contribution in [1.82, 2.24) is 14.5 Å². The smallest absolute Gasteiger partial charge is 0.419 e. The molecule has 31 heavy (non-hydrogen) atoms. The van der Waals surface area contributed by atoms with Crippen molar-refractivity contribution >= 4 is 11.1 Å². The van der Waals surface area contributed by atoms with Gasteiger partial charge in [-0.3, -0.25) is 9.55 Å². The van der Waals surface area contributed by atoms with E-state index < -0.39 is 6.10 Å². The summed E-state index contributed by atoms with van der Waals surface area (Å²) < 4.78 is 13.2. The predicted molar refractivity (Wildman–Crippen MR) is 117 cm³/mol. The normalized spacial score (nSPS) is 26.3. The number of pyridine rings is 1. The Balaban J connectivity index is 1.22. The topological polar surface area (TPSA) is 80.7 Å². The summed E-state index contributed by atoms with van der Waals surface area (Å²) in [6, 6.07) is 11.4. The molecule has 2 aliphatic rings. The van der Waals surface area contributed by atoms with Crippen molar-refractivity contribution in [2.45, 2.75) is 45.4 Å². The van der Waals surface area contributed by atoms with Crippen LogP contribution in [0.25, 0.3) is 11.1 Å². The predicted octanol–water partition coefficient (Wildman–Crippen LogP) is 2.76. The van der Waals surface area contributed by atoms with Gasteiger partial charge >= 0.3 is 5.76 Å². The van der Waals surface area contributed by atoms with Gasteiger partial charge in [-0.25, -0.2) is 4.79 Å². The molecule has 1 aromatic carbocycles. The Labute approximate surface area is 181 Å². The van der Waals surface area contributed by atoms with E-state index in [1.54, 1.807) is 4.57 Å². The van der Waals surface area contributed by atoms with Crippen molar-refractivity contribution in [3.05, 3.63) is 58.3 Å². The molecule has 5 rings (SSSR count). The van der Waals surface area contributed by atoms with Gasteiger partial charge in [0.05, 0.1) is 17.3 Å². The molecule has 1 saturated carbocycles. The maximum Gasteiger partial charge on any atom is 0.419 e. The van der Waals surface area contributed by atoms with Crippen LogP contribution in [0, 0.1) is 25.7 Å². The second-order valence-electron chi connectivity index (χ2n) is 9.00. The molecule has 7 heteroatoms. The molecule has 0 bridgehead atoms. The number of hydrogen-bond acceptors (Lipinski definition) is 6. The van der Waals surface area contributed by atoms with Crippen molar-refractivity contribution in [3.8, 4) is 5.75 Å². The first-order valence-corrected chi connectivity index (χ1v) is 11.1. The Morgan fingerprint density at radius 2 is 1.87 bits per heavy atom. The van der Waals surface area contributed by atoms with Crippen LogP contribution >= 0.6 is 0 Å².